The Balaban J connectivity index is 1.74. The Morgan fingerprint density at radius 1 is 1.39 bits per heavy atom. The molecule has 23 heavy (non-hydrogen) atoms. The van der Waals surface area contributed by atoms with Crippen LogP contribution in [0.15, 0.2) is 30.6 Å². The van der Waals surface area contributed by atoms with E-state index in [4.69, 9.17) is 27.9 Å². The Morgan fingerprint density at radius 3 is 2.83 bits per heavy atom. The van der Waals surface area contributed by atoms with E-state index in [0.29, 0.717) is 22.3 Å². The van der Waals surface area contributed by atoms with Crippen molar-refractivity contribution in [2.75, 3.05) is 20.2 Å². The summed E-state index contributed by atoms with van der Waals surface area (Å²) in [6.07, 6.45) is 5.58. The number of carbonyl (C=O) groups excluding carboxylic acids is 1. The quantitative estimate of drug-likeness (QED) is 0.766. The lowest BCUT2D eigenvalue weighted by atomic mass is 10.2. The molecule has 0 saturated heterocycles. The van der Waals surface area contributed by atoms with Crippen LogP contribution in [0.4, 0.5) is 0 Å². The molecule has 1 heterocycles. The Hall–Kier alpha value is -1.72. The van der Waals surface area contributed by atoms with Gasteiger partial charge in [0.2, 0.25) is 0 Å². The van der Waals surface area contributed by atoms with E-state index in [0.717, 1.165) is 18.4 Å². The number of benzene rings is 1. The molecule has 0 atom stereocenters. The monoisotopic (exact) mass is 355 g/mol. The van der Waals surface area contributed by atoms with E-state index >= 15 is 0 Å². The van der Waals surface area contributed by atoms with Crippen LogP contribution in [-0.4, -0.2) is 40.8 Å². The van der Waals surface area contributed by atoms with E-state index in [2.05, 4.69) is 5.10 Å². The summed E-state index contributed by atoms with van der Waals surface area (Å²) >= 11 is 11.8. The smallest absolute Gasteiger partial charge is 0.260 e. The predicted molar refractivity (Wildman–Crippen MR) is 91.1 cm³/mol. The first-order valence-corrected chi connectivity index (χ1v) is 8.00. The number of ether oxygens (including phenoxy) is 1. The SMILES string of the molecule is CN(CCCc1cnn(C)c1)C(=O)COc1ccc(Cl)cc1Cl. The zero-order chi connectivity index (χ0) is 16.8. The number of hydrogen-bond acceptors (Lipinski definition) is 3. The second-order valence-electron chi connectivity index (χ2n) is 5.30. The summed E-state index contributed by atoms with van der Waals surface area (Å²) in [4.78, 5) is 13.7. The molecule has 0 aliphatic heterocycles. The van der Waals surface area contributed by atoms with E-state index in [-0.39, 0.29) is 12.5 Å². The van der Waals surface area contributed by atoms with Gasteiger partial charge in [-0.3, -0.25) is 9.48 Å². The van der Waals surface area contributed by atoms with Crippen LogP contribution in [-0.2, 0) is 18.3 Å². The van der Waals surface area contributed by atoms with E-state index in [1.165, 1.54) is 0 Å². The number of aryl methyl sites for hydroxylation is 2. The van der Waals surface area contributed by atoms with Crippen LogP contribution in [0.5, 0.6) is 5.75 Å². The molecule has 2 rings (SSSR count). The van der Waals surface area contributed by atoms with Gasteiger partial charge in [-0.1, -0.05) is 23.2 Å². The maximum atomic E-state index is 12.1. The van der Waals surface area contributed by atoms with Crippen molar-refractivity contribution < 1.29 is 9.53 Å². The van der Waals surface area contributed by atoms with Gasteiger partial charge in [0.05, 0.1) is 11.2 Å². The summed E-state index contributed by atoms with van der Waals surface area (Å²) in [5, 5.41) is 5.04. The van der Waals surface area contributed by atoms with Gasteiger partial charge >= 0.3 is 0 Å². The van der Waals surface area contributed by atoms with Crippen LogP contribution in [0.3, 0.4) is 0 Å². The lowest BCUT2D eigenvalue weighted by Gasteiger charge is -2.17. The molecule has 1 amide bonds. The van der Waals surface area contributed by atoms with Crippen LogP contribution in [0.1, 0.15) is 12.0 Å². The summed E-state index contributed by atoms with van der Waals surface area (Å²) in [6, 6.07) is 4.91. The summed E-state index contributed by atoms with van der Waals surface area (Å²) in [6.45, 7) is 0.607. The molecule has 1 aromatic carbocycles. The summed E-state index contributed by atoms with van der Waals surface area (Å²) < 4.78 is 7.22. The first-order chi connectivity index (χ1) is 11.0. The highest BCUT2D eigenvalue weighted by Gasteiger charge is 2.11. The fraction of sp³-hybridized carbons (Fsp3) is 0.375. The maximum Gasteiger partial charge on any atom is 0.260 e. The van der Waals surface area contributed by atoms with Crippen LogP contribution in [0, 0.1) is 0 Å². The van der Waals surface area contributed by atoms with Gasteiger partial charge in [-0.25, -0.2) is 0 Å². The fourth-order valence-electron chi connectivity index (χ4n) is 2.09. The third kappa shape index (κ3) is 5.44. The van der Waals surface area contributed by atoms with Gasteiger partial charge in [-0.15, -0.1) is 0 Å². The summed E-state index contributed by atoms with van der Waals surface area (Å²) in [7, 11) is 3.65. The molecule has 1 aromatic heterocycles. The van der Waals surface area contributed by atoms with Gasteiger partial charge in [-0.05, 0) is 36.6 Å². The average molecular weight is 356 g/mol. The van der Waals surface area contributed by atoms with Gasteiger partial charge in [0.15, 0.2) is 6.61 Å². The van der Waals surface area contributed by atoms with E-state index in [9.17, 15) is 4.79 Å². The number of rotatable bonds is 7. The molecule has 124 valence electrons. The van der Waals surface area contributed by atoms with Gasteiger partial charge in [0.1, 0.15) is 5.75 Å². The maximum absolute atomic E-state index is 12.1. The molecule has 0 fully saturated rings. The minimum Gasteiger partial charge on any atom is -0.482 e. The lowest BCUT2D eigenvalue weighted by Crippen LogP contribution is -2.32. The normalized spacial score (nSPS) is 10.6. The van der Waals surface area contributed by atoms with Crippen molar-refractivity contribution >= 4 is 29.1 Å². The summed E-state index contributed by atoms with van der Waals surface area (Å²) in [5.74, 6) is 0.357. The molecule has 0 aliphatic carbocycles. The largest absolute Gasteiger partial charge is 0.482 e. The lowest BCUT2D eigenvalue weighted by molar-refractivity contribution is -0.132. The molecule has 0 unspecified atom stereocenters. The number of halogens is 2. The highest BCUT2D eigenvalue weighted by Crippen LogP contribution is 2.27. The van der Waals surface area contributed by atoms with Crippen molar-refractivity contribution in [2.24, 2.45) is 7.05 Å². The first kappa shape index (κ1) is 17.6. The minimum atomic E-state index is -0.0952. The van der Waals surface area contributed by atoms with Crippen molar-refractivity contribution in [1.82, 2.24) is 14.7 Å². The molecule has 0 N–H and O–H groups in total. The number of carbonyl (C=O) groups is 1. The highest BCUT2D eigenvalue weighted by molar-refractivity contribution is 6.35. The number of amides is 1. The average Bonchev–Trinajstić information content (AvgIpc) is 2.91. The highest BCUT2D eigenvalue weighted by atomic mass is 35.5. The van der Waals surface area contributed by atoms with Crippen LogP contribution >= 0.6 is 23.2 Å². The molecular weight excluding hydrogens is 337 g/mol. The van der Waals surface area contributed by atoms with Crippen molar-refractivity contribution in [1.29, 1.82) is 0 Å². The van der Waals surface area contributed by atoms with Crippen LogP contribution in [0.2, 0.25) is 10.0 Å². The zero-order valence-electron chi connectivity index (χ0n) is 13.1. The third-order valence-electron chi connectivity index (χ3n) is 3.39. The van der Waals surface area contributed by atoms with Crippen molar-refractivity contribution in [2.45, 2.75) is 12.8 Å². The molecule has 0 saturated carbocycles. The molecule has 0 radical (unpaired) electrons. The molecular formula is C16H19Cl2N3O2. The zero-order valence-corrected chi connectivity index (χ0v) is 14.6. The van der Waals surface area contributed by atoms with Crippen LogP contribution in [0.25, 0.3) is 0 Å². The van der Waals surface area contributed by atoms with Gasteiger partial charge in [0, 0.05) is 31.9 Å². The fourth-order valence-corrected chi connectivity index (χ4v) is 2.55. The van der Waals surface area contributed by atoms with Crippen molar-refractivity contribution in [3.8, 4) is 5.75 Å². The molecule has 0 spiro atoms. The van der Waals surface area contributed by atoms with E-state index in [1.807, 2.05) is 19.4 Å². The second kappa shape index (κ2) is 8.22. The third-order valence-corrected chi connectivity index (χ3v) is 3.92. The minimum absolute atomic E-state index is 0.0508. The Kier molecular flexibility index (Phi) is 6.30. The van der Waals surface area contributed by atoms with Crippen LogP contribution < -0.4 is 4.74 Å². The predicted octanol–water partition coefficient (Wildman–Crippen LogP) is 3.20. The first-order valence-electron chi connectivity index (χ1n) is 7.25. The number of nitrogens with zero attached hydrogens (tertiary/aromatic N) is 3. The van der Waals surface area contributed by atoms with Crippen molar-refractivity contribution in [3.05, 3.63) is 46.2 Å². The Labute approximate surface area is 145 Å². The Bertz CT molecular complexity index is 673. The van der Waals surface area contributed by atoms with Gasteiger partial charge in [0.25, 0.3) is 5.91 Å². The number of aromatic nitrogens is 2. The van der Waals surface area contributed by atoms with Crippen molar-refractivity contribution in [3.63, 3.8) is 0 Å². The Morgan fingerprint density at radius 2 is 2.17 bits per heavy atom. The number of hydrogen-bond donors (Lipinski definition) is 0. The topological polar surface area (TPSA) is 47.4 Å². The van der Waals surface area contributed by atoms with E-state index in [1.54, 1.807) is 34.8 Å². The second-order valence-corrected chi connectivity index (χ2v) is 6.15. The van der Waals surface area contributed by atoms with Gasteiger partial charge in [-0.2, -0.15) is 5.10 Å². The molecule has 7 heteroatoms. The molecule has 2 aromatic rings. The molecule has 0 aliphatic rings. The van der Waals surface area contributed by atoms with E-state index < -0.39 is 0 Å². The number of likely N-dealkylation sites (N-methyl/N-ethyl adjacent to an activating group) is 1. The molecule has 5 nitrogen and oxygen atoms in total. The van der Waals surface area contributed by atoms with Gasteiger partial charge < -0.3 is 9.64 Å². The standard InChI is InChI=1S/C16H19Cl2N3O2/c1-20(7-3-4-12-9-19-21(2)10-12)16(22)11-23-15-6-5-13(17)8-14(15)18/h5-6,8-10H,3-4,7,11H2,1-2H3. The summed E-state index contributed by atoms with van der Waals surface area (Å²) in [5.41, 5.74) is 1.16. The molecule has 0 bridgehead atoms.